The van der Waals surface area contributed by atoms with Crippen LogP contribution in [-0.4, -0.2) is 35.1 Å². The van der Waals surface area contributed by atoms with Crippen LogP contribution < -0.4 is 0 Å². The van der Waals surface area contributed by atoms with Gasteiger partial charge in [0.1, 0.15) is 0 Å². The van der Waals surface area contributed by atoms with Crippen molar-refractivity contribution in [3.8, 4) is 0 Å². The van der Waals surface area contributed by atoms with Crippen LogP contribution in [0.15, 0.2) is 0 Å². The molecule has 0 heterocycles. The molecule has 17 heavy (non-hydrogen) atoms. The highest BCUT2D eigenvalue weighted by Gasteiger charge is 2.19. The third-order valence-corrected chi connectivity index (χ3v) is 3.75. The molecule has 0 aliphatic heterocycles. The Labute approximate surface area is 105 Å². The number of carbonyl (C=O) groups is 1. The standard InChI is InChI=1S/C14H27NO2/c1-2-3-11-15(12-10-14(16)17)13-8-6-4-5-7-9-13/h13H,2-12H2,1H3,(H,16,17). The average Bonchev–Trinajstić information content (AvgIpc) is 2.57. The van der Waals surface area contributed by atoms with E-state index in [1.807, 2.05) is 0 Å². The second-order valence-corrected chi connectivity index (χ2v) is 5.18. The first-order chi connectivity index (χ1) is 8.24. The molecular formula is C14H27NO2. The smallest absolute Gasteiger partial charge is 0.304 e. The normalized spacial score (nSPS) is 18.2. The summed E-state index contributed by atoms with van der Waals surface area (Å²) in [5.41, 5.74) is 0. The molecule has 0 amide bonds. The van der Waals surface area contributed by atoms with Crippen LogP contribution >= 0.6 is 0 Å². The monoisotopic (exact) mass is 241 g/mol. The molecule has 0 saturated heterocycles. The van der Waals surface area contributed by atoms with Gasteiger partial charge in [-0.1, -0.05) is 39.0 Å². The highest BCUT2D eigenvalue weighted by Crippen LogP contribution is 2.22. The van der Waals surface area contributed by atoms with Crippen molar-refractivity contribution in [3.05, 3.63) is 0 Å². The Morgan fingerprint density at radius 3 is 2.35 bits per heavy atom. The largest absolute Gasteiger partial charge is 0.481 e. The van der Waals surface area contributed by atoms with Crippen molar-refractivity contribution in [3.63, 3.8) is 0 Å². The second-order valence-electron chi connectivity index (χ2n) is 5.18. The van der Waals surface area contributed by atoms with Crippen molar-refractivity contribution < 1.29 is 9.90 Å². The van der Waals surface area contributed by atoms with E-state index in [4.69, 9.17) is 5.11 Å². The van der Waals surface area contributed by atoms with Crippen LogP contribution in [0.4, 0.5) is 0 Å². The molecule has 1 N–H and O–H groups in total. The maximum atomic E-state index is 10.7. The van der Waals surface area contributed by atoms with Crippen LogP contribution in [-0.2, 0) is 4.79 Å². The van der Waals surface area contributed by atoms with Gasteiger partial charge in [-0.3, -0.25) is 9.69 Å². The molecule has 1 saturated carbocycles. The first-order valence-electron chi connectivity index (χ1n) is 7.20. The summed E-state index contributed by atoms with van der Waals surface area (Å²) in [7, 11) is 0. The number of rotatable bonds is 7. The van der Waals surface area contributed by atoms with E-state index in [1.54, 1.807) is 0 Å². The lowest BCUT2D eigenvalue weighted by molar-refractivity contribution is -0.137. The maximum Gasteiger partial charge on any atom is 0.304 e. The third kappa shape index (κ3) is 6.06. The lowest BCUT2D eigenvalue weighted by atomic mass is 10.1. The zero-order valence-corrected chi connectivity index (χ0v) is 11.2. The first-order valence-corrected chi connectivity index (χ1v) is 7.20. The molecule has 0 aromatic carbocycles. The van der Waals surface area contributed by atoms with Crippen LogP contribution in [0, 0.1) is 0 Å². The van der Waals surface area contributed by atoms with Crippen LogP contribution in [0.25, 0.3) is 0 Å². The molecule has 1 fully saturated rings. The Balaban J connectivity index is 2.43. The molecule has 1 aliphatic rings. The molecule has 0 aromatic heterocycles. The number of hydrogen-bond donors (Lipinski definition) is 1. The first kappa shape index (κ1) is 14.5. The molecule has 0 radical (unpaired) electrons. The summed E-state index contributed by atoms with van der Waals surface area (Å²) >= 11 is 0. The molecule has 3 nitrogen and oxygen atoms in total. The van der Waals surface area contributed by atoms with Crippen LogP contribution in [0.1, 0.15) is 64.7 Å². The molecule has 1 rings (SSSR count). The number of carboxylic acid groups (broad SMARTS) is 1. The van der Waals surface area contributed by atoms with E-state index in [9.17, 15) is 4.79 Å². The lowest BCUT2D eigenvalue weighted by Crippen LogP contribution is -2.37. The van der Waals surface area contributed by atoms with Crippen molar-refractivity contribution in [2.75, 3.05) is 13.1 Å². The zero-order valence-electron chi connectivity index (χ0n) is 11.2. The molecular weight excluding hydrogens is 214 g/mol. The predicted molar refractivity (Wildman–Crippen MR) is 70.2 cm³/mol. The Hall–Kier alpha value is -0.570. The van der Waals surface area contributed by atoms with Gasteiger partial charge in [0, 0.05) is 12.6 Å². The summed E-state index contributed by atoms with van der Waals surface area (Å²) < 4.78 is 0. The fourth-order valence-corrected chi connectivity index (χ4v) is 2.70. The summed E-state index contributed by atoms with van der Waals surface area (Å²) in [6, 6.07) is 0.642. The number of carboxylic acids is 1. The van der Waals surface area contributed by atoms with Gasteiger partial charge >= 0.3 is 5.97 Å². The summed E-state index contributed by atoms with van der Waals surface area (Å²) in [5.74, 6) is -0.667. The van der Waals surface area contributed by atoms with Crippen LogP contribution in [0.3, 0.4) is 0 Å². The van der Waals surface area contributed by atoms with Gasteiger partial charge < -0.3 is 5.11 Å². The average molecular weight is 241 g/mol. The number of aliphatic carboxylic acids is 1. The van der Waals surface area contributed by atoms with Gasteiger partial charge in [-0.05, 0) is 25.8 Å². The third-order valence-electron chi connectivity index (χ3n) is 3.75. The molecule has 0 atom stereocenters. The minimum Gasteiger partial charge on any atom is -0.481 e. The van der Waals surface area contributed by atoms with Gasteiger partial charge in [-0.25, -0.2) is 0 Å². The molecule has 100 valence electrons. The quantitative estimate of drug-likeness (QED) is 0.695. The van der Waals surface area contributed by atoms with Crippen molar-refractivity contribution in [2.45, 2.75) is 70.8 Å². The Morgan fingerprint density at radius 1 is 1.18 bits per heavy atom. The summed E-state index contributed by atoms with van der Waals surface area (Å²) in [6.45, 7) is 4.01. The summed E-state index contributed by atoms with van der Waals surface area (Å²) in [6.07, 6.45) is 10.6. The highest BCUT2D eigenvalue weighted by atomic mass is 16.4. The zero-order chi connectivity index (χ0) is 12.5. The summed E-state index contributed by atoms with van der Waals surface area (Å²) in [5, 5.41) is 8.82. The molecule has 0 bridgehead atoms. The van der Waals surface area contributed by atoms with E-state index < -0.39 is 5.97 Å². The van der Waals surface area contributed by atoms with E-state index in [-0.39, 0.29) is 0 Å². The van der Waals surface area contributed by atoms with Gasteiger partial charge in [-0.2, -0.15) is 0 Å². The van der Waals surface area contributed by atoms with E-state index in [1.165, 1.54) is 51.4 Å². The van der Waals surface area contributed by atoms with Crippen molar-refractivity contribution >= 4 is 5.97 Å². The topological polar surface area (TPSA) is 40.5 Å². The summed E-state index contributed by atoms with van der Waals surface area (Å²) in [4.78, 5) is 13.1. The van der Waals surface area contributed by atoms with Gasteiger partial charge in [0.05, 0.1) is 6.42 Å². The minimum absolute atomic E-state index is 0.292. The minimum atomic E-state index is -0.667. The fourth-order valence-electron chi connectivity index (χ4n) is 2.70. The van der Waals surface area contributed by atoms with Crippen LogP contribution in [0.2, 0.25) is 0 Å². The number of hydrogen-bond acceptors (Lipinski definition) is 2. The van der Waals surface area contributed by atoms with Gasteiger partial charge in [0.25, 0.3) is 0 Å². The number of nitrogens with zero attached hydrogens (tertiary/aromatic N) is 1. The van der Waals surface area contributed by atoms with Crippen molar-refractivity contribution in [1.29, 1.82) is 0 Å². The highest BCUT2D eigenvalue weighted by molar-refractivity contribution is 5.66. The molecule has 1 aliphatic carbocycles. The van der Waals surface area contributed by atoms with E-state index >= 15 is 0 Å². The van der Waals surface area contributed by atoms with Crippen molar-refractivity contribution in [1.82, 2.24) is 4.90 Å². The van der Waals surface area contributed by atoms with Gasteiger partial charge in [0.15, 0.2) is 0 Å². The van der Waals surface area contributed by atoms with E-state index in [0.29, 0.717) is 12.5 Å². The molecule has 0 unspecified atom stereocenters. The Bertz CT molecular complexity index is 210. The fraction of sp³-hybridized carbons (Fsp3) is 0.929. The SMILES string of the molecule is CCCCN(CCC(=O)O)C1CCCCCC1. The van der Waals surface area contributed by atoms with Gasteiger partial charge in [-0.15, -0.1) is 0 Å². The maximum absolute atomic E-state index is 10.7. The van der Waals surface area contributed by atoms with Crippen molar-refractivity contribution in [2.24, 2.45) is 0 Å². The van der Waals surface area contributed by atoms with Gasteiger partial charge in [0.2, 0.25) is 0 Å². The molecule has 0 aromatic rings. The Morgan fingerprint density at radius 2 is 1.82 bits per heavy atom. The molecule has 3 heteroatoms. The lowest BCUT2D eigenvalue weighted by Gasteiger charge is -2.30. The van der Waals surface area contributed by atoms with E-state index in [0.717, 1.165) is 13.1 Å². The Kier molecular flexibility index (Phi) is 7.25. The second kappa shape index (κ2) is 8.51. The predicted octanol–water partition coefficient (Wildman–Crippen LogP) is 3.29. The molecule has 0 spiro atoms. The van der Waals surface area contributed by atoms with Crippen LogP contribution in [0.5, 0.6) is 0 Å². The number of unbranched alkanes of at least 4 members (excludes halogenated alkanes) is 1. The van der Waals surface area contributed by atoms with E-state index in [2.05, 4.69) is 11.8 Å².